The molecule has 0 saturated carbocycles. The van der Waals surface area contributed by atoms with Crippen molar-refractivity contribution < 1.29 is 4.74 Å². The molecule has 34 heavy (non-hydrogen) atoms. The number of aliphatic imine (C=N–C) groups is 1. The first-order chi connectivity index (χ1) is 16.6. The zero-order valence-corrected chi connectivity index (χ0v) is 20.6. The lowest BCUT2D eigenvalue weighted by atomic mass is 10.1. The number of benzene rings is 2. The number of para-hydroxylation sites is 2. The molecule has 1 unspecified atom stereocenters. The van der Waals surface area contributed by atoms with Crippen LogP contribution in [0.1, 0.15) is 25.1 Å². The standard InChI is InChI=1S/C28H37N5O/c1-5-12-24(34-23-13-7-6-8-14-23)19-22(2)20-33(4)21-27-31-26-16-10-9-15-25(26)28(32-27)30-18-11-17-29-3/h5-10,12-16,19,28-30H,1,11,17-18,20-21H2,2-4H3,(H,31,32)/b22-19+,24-12+. The van der Waals surface area contributed by atoms with Gasteiger partial charge in [0.1, 0.15) is 23.5 Å². The second-order valence-electron chi connectivity index (χ2n) is 8.48. The average molecular weight is 460 g/mol. The van der Waals surface area contributed by atoms with Gasteiger partial charge in [-0.15, -0.1) is 0 Å². The first kappa shape index (κ1) is 25.4. The van der Waals surface area contributed by atoms with Crippen LogP contribution in [0.15, 0.2) is 95.7 Å². The van der Waals surface area contributed by atoms with Crippen LogP contribution in [-0.2, 0) is 0 Å². The van der Waals surface area contributed by atoms with Crippen LogP contribution in [-0.4, -0.2) is 51.0 Å². The lowest BCUT2D eigenvalue weighted by molar-refractivity contribution is 0.407. The molecule has 1 aliphatic heterocycles. The summed E-state index contributed by atoms with van der Waals surface area (Å²) in [5, 5.41) is 10.3. The van der Waals surface area contributed by atoms with Crippen LogP contribution in [0, 0.1) is 0 Å². The second-order valence-corrected chi connectivity index (χ2v) is 8.48. The van der Waals surface area contributed by atoms with Crippen LogP contribution in [0.25, 0.3) is 0 Å². The molecule has 0 amide bonds. The Morgan fingerprint density at radius 1 is 1.15 bits per heavy atom. The number of hydrogen-bond donors (Lipinski definition) is 3. The number of nitrogens with one attached hydrogen (secondary N) is 3. The lowest BCUT2D eigenvalue weighted by Gasteiger charge is -2.28. The van der Waals surface area contributed by atoms with Crippen molar-refractivity contribution in [2.75, 3.05) is 45.6 Å². The third kappa shape index (κ3) is 7.99. The summed E-state index contributed by atoms with van der Waals surface area (Å²) in [5.41, 5.74) is 3.49. The smallest absolute Gasteiger partial charge is 0.129 e. The largest absolute Gasteiger partial charge is 0.457 e. The quantitative estimate of drug-likeness (QED) is 0.230. The van der Waals surface area contributed by atoms with Gasteiger partial charge < -0.3 is 15.4 Å². The van der Waals surface area contributed by atoms with Gasteiger partial charge in [-0.25, -0.2) is 4.99 Å². The maximum absolute atomic E-state index is 6.01. The van der Waals surface area contributed by atoms with Gasteiger partial charge in [-0.05, 0) is 70.9 Å². The summed E-state index contributed by atoms with van der Waals surface area (Å²) in [7, 11) is 4.08. The minimum absolute atomic E-state index is 0.0317. The van der Waals surface area contributed by atoms with Gasteiger partial charge in [0.15, 0.2) is 0 Å². The SMILES string of the molecule is C=C/C=C(\C=C(/C)CN(C)CC1=NC(NCCCNC)c2ccccc2N1)Oc1ccccc1. The molecule has 0 spiro atoms. The van der Waals surface area contributed by atoms with E-state index in [0.29, 0.717) is 6.54 Å². The highest BCUT2D eigenvalue weighted by atomic mass is 16.5. The van der Waals surface area contributed by atoms with E-state index in [1.165, 1.54) is 11.1 Å². The van der Waals surface area contributed by atoms with Gasteiger partial charge in [-0.1, -0.05) is 54.6 Å². The molecule has 2 aromatic rings. The van der Waals surface area contributed by atoms with Crippen LogP contribution in [0.2, 0.25) is 0 Å². The van der Waals surface area contributed by atoms with E-state index < -0.39 is 0 Å². The fraction of sp³-hybridized carbons (Fsp3) is 0.321. The van der Waals surface area contributed by atoms with Gasteiger partial charge in [-0.3, -0.25) is 10.2 Å². The molecule has 180 valence electrons. The fourth-order valence-electron chi connectivity index (χ4n) is 3.88. The molecule has 1 atom stereocenters. The normalized spacial score (nSPS) is 16.0. The Morgan fingerprint density at radius 3 is 2.68 bits per heavy atom. The van der Waals surface area contributed by atoms with E-state index in [1.54, 1.807) is 6.08 Å². The molecule has 0 aliphatic carbocycles. The number of ether oxygens (including phenoxy) is 1. The van der Waals surface area contributed by atoms with Crippen LogP contribution in [0.4, 0.5) is 5.69 Å². The Labute approximate surface area is 204 Å². The first-order valence-electron chi connectivity index (χ1n) is 11.8. The molecule has 3 rings (SSSR count). The van der Waals surface area contributed by atoms with Crippen LogP contribution in [0.3, 0.4) is 0 Å². The molecule has 0 aromatic heterocycles. The molecule has 1 heterocycles. The lowest BCUT2D eigenvalue weighted by Crippen LogP contribution is -2.36. The number of allylic oxidation sites excluding steroid dienone is 3. The number of nitrogens with zero attached hydrogens (tertiary/aromatic N) is 2. The molecule has 6 nitrogen and oxygen atoms in total. The van der Waals surface area contributed by atoms with Gasteiger partial charge >= 0.3 is 0 Å². The Kier molecular flexibility index (Phi) is 10.1. The number of likely N-dealkylation sites (N-methyl/N-ethyl adjacent to an activating group) is 1. The molecule has 0 saturated heterocycles. The highest BCUT2D eigenvalue weighted by molar-refractivity contribution is 5.99. The van der Waals surface area contributed by atoms with Crippen molar-refractivity contribution in [2.45, 2.75) is 19.5 Å². The van der Waals surface area contributed by atoms with E-state index in [2.05, 4.69) is 71.7 Å². The van der Waals surface area contributed by atoms with E-state index in [0.717, 1.165) is 49.1 Å². The summed E-state index contributed by atoms with van der Waals surface area (Å²) >= 11 is 0. The van der Waals surface area contributed by atoms with Crippen molar-refractivity contribution in [1.82, 2.24) is 15.5 Å². The van der Waals surface area contributed by atoms with Gasteiger partial charge in [0.25, 0.3) is 0 Å². The summed E-state index contributed by atoms with van der Waals surface area (Å²) < 4.78 is 6.01. The van der Waals surface area contributed by atoms with E-state index in [9.17, 15) is 0 Å². The predicted octanol–water partition coefficient (Wildman–Crippen LogP) is 4.74. The van der Waals surface area contributed by atoms with Crippen LogP contribution < -0.4 is 20.7 Å². The molecule has 2 aromatic carbocycles. The van der Waals surface area contributed by atoms with E-state index in [4.69, 9.17) is 9.73 Å². The fourth-order valence-corrected chi connectivity index (χ4v) is 3.88. The Morgan fingerprint density at radius 2 is 1.91 bits per heavy atom. The van der Waals surface area contributed by atoms with Crippen molar-refractivity contribution in [3.8, 4) is 5.75 Å². The highest BCUT2D eigenvalue weighted by Gasteiger charge is 2.21. The summed E-state index contributed by atoms with van der Waals surface area (Å²) in [6.07, 6.45) is 6.71. The summed E-state index contributed by atoms with van der Waals surface area (Å²) in [6.45, 7) is 9.33. The van der Waals surface area contributed by atoms with Crippen LogP contribution in [0.5, 0.6) is 5.75 Å². The zero-order chi connectivity index (χ0) is 24.2. The van der Waals surface area contributed by atoms with Gasteiger partial charge in [0.05, 0.1) is 6.54 Å². The molecule has 6 heteroatoms. The Bertz CT molecular complexity index is 1010. The van der Waals surface area contributed by atoms with Crippen LogP contribution >= 0.6 is 0 Å². The number of amidine groups is 1. The second kappa shape index (κ2) is 13.5. The van der Waals surface area contributed by atoms with E-state index >= 15 is 0 Å². The number of anilines is 1. The molecule has 3 N–H and O–H groups in total. The highest BCUT2D eigenvalue weighted by Crippen LogP contribution is 2.28. The maximum atomic E-state index is 6.01. The molecular weight excluding hydrogens is 422 g/mol. The number of fused-ring (bicyclic) bond motifs is 1. The number of hydrogen-bond acceptors (Lipinski definition) is 6. The molecule has 1 aliphatic rings. The topological polar surface area (TPSA) is 60.9 Å². The van der Waals surface area contributed by atoms with Crippen molar-refractivity contribution in [3.05, 3.63) is 96.3 Å². The Hall–Kier alpha value is -3.19. The molecule has 0 radical (unpaired) electrons. The Balaban J connectivity index is 1.63. The van der Waals surface area contributed by atoms with Crippen molar-refractivity contribution in [3.63, 3.8) is 0 Å². The average Bonchev–Trinajstić information content (AvgIpc) is 2.82. The first-order valence-corrected chi connectivity index (χ1v) is 11.8. The van der Waals surface area contributed by atoms with Crippen molar-refractivity contribution in [1.29, 1.82) is 0 Å². The predicted molar refractivity (Wildman–Crippen MR) is 143 cm³/mol. The van der Waals surface area contributed by atoms with Gasteiger partial charge in [0.2, 0.25) is 0 Å². The molecular formula is C28H37N5O. The van der Waals surface area contributed by atoms with Gasteiger partial charge in [-0.2, -0.15) is 0 Å². The monoisotopic (exact) mass is 459 g/mol. The third-order valence-electron chi connectivity index (χ3n) is 5.35. The number of rotatable bonds is 13. The van der Waals surface area contributed by atoms with Crippen molar-refractivity contribution >= 4 is 11.5 Å². The van der Waals surface area contributed by atoms with Gasteiger partial charge in [0, 0.05) is 17.8 Å². The minimum atomic E-state index is -0.0317. The van der Waals surface area contributed by atoms with E-state index in [1.807, 2.05) is 43.5 Å². The molecule has 0 bridgehead atoms. The minimum Gasteiger partial charge on any atom is -0.457 e. The summed E-state index contributed by atoms with van der Waals surface area (Å²) in [4.78, 5) is 7.23. The maximum Gasteiger partial charge on any atom is 0.129 e. The third-order valence-corrected chi connectivity index (χ3v) is 5.35. The molecule has 0 fully saturated rings. The van der Waals surface area contributed by atoms with E-state index in [-0.39, 0.29) is 6.17 Å². The summed E-state index contributed by atoms with van der Waals surface area (Å²) in [6, 6.07) is 18.2. The summed E-state index contributed by atoms with van der Waals surface area (Å²) in [5.74, 6) is 2.53. The van der Waals surface area contributed by atoms with Crippen molar-refractivity contribution in [2.24, 2.45) is 4.99 Å². The zero-order valence-electron chi connectivity index (χ0n) is 20.6.